The molecule has 1 amide bonds. The molecule has 4 aromatic heterocycles. The molecule has 1 aliphatic heterocycles. The molecule has 5 rings (SSSR count). The normalized spacial score (nSPS) is 12.9. The third-order valence-electron chi connectivity index (χ3n) is 5.45. The van der Waals surface area contributed by atoms with Crippen molar-refractivity contribution in [2.24, 2.45) is 7.05 Å². The first-order chi connectivity index (χ1) is 15.6. The predicted octanol–water partition coefficient (Wildman–Crippen LogP) is 1.97. The summed E-state index contributed by atoms with van der Waals surface area (Å²) in [5.74, 6) is 0.920. The fourth-order valence-electron chi connectivity index (χ4n) is 3.76. The van der Waals surface area contributed by atoms with Crippen LogP contribution < -0.4 is 10.1 Å². The number of nitrogens with zero attached hydrogens (tertiary/aromatic N) is 7. The average Bonchev–Trinajstić information content (AvgIpc) is 3.35. The molecule has 0 atom stereocenters. The molecule has 0 unspecified atom stereocenters. The summed E-state index contributed by atoms with van der Waals surface area (Å²) in [6.45, 7) is 1.42. The van der Waals surface area contributed by atoms with Gasteiger partial charge in [0.1, 0.15) is 5.52 Å². The first-order valence-electron chi connectivity index (χ1n) is 10.3. The minimum atomic E-state index is -0.0279. The van der Waals surface area contributed by atoms with E-state index in [1.54, 1.807) is 30.7 Å². The Bertz CT molecular complexity index is 1290. The second-order valence-corrected chi connectivity index (χ2v) is 7.56. The van der Waals surface area contributed by atoms with E-state index in [4.69, 9.17) is 4.74 Å². The number of aromatic nitrogens is 6. The molecule has 0 aromatic carbocycles. The van der Waals surface area contributed by atoms with E-state index in [1.807, 2.05) is 35.9 Å². The molecular formula is C22H22N8O2. The largest absolute Gasteiger partial charge is 0.481 e. The van der Waals surface area contributed by atoms with E-state index >= 15 is 0 Å². The number of rotatable bonds is 7. The molecule has 32 heavy (non-hydrogen) atoms. The van der Waals surface area contributed by atoms with Gasteiger partial charge in [-0.2, -0.15) is 4.98 Å². The van der Waals surface area contributed by atoms with Crippen LogP contribution in [0.15, 0.2) is 43.0 Å². The number of methoxy groups -OCH3 is 1. The van der Waals surface area contributed by atoms with Crippen molar-refractivity contribution in [1.82, 2.24) is 34.4 Å². The maximum atomic E-state index is 13.0. The molecule has 0 radical (unpaired) electrons. The number of carbonyl (C=O) groups excluding carboxylic acids is 1. The monoisotopic (exact) mass is 430 g/mol. The number of nitrogens with one attached hydrogen (secondary N) is 1. The van der Waals surface area contributed by atoms with Crippen molar-refractivity contribution in [3.05, 3.63) is 65.5 Å². The van der Waals surface area contributed by atoms with Crippen LogP contribution in [0.25, 0.3) is 11.2 Å². The summed E-state index contributed by atoms with van der Waals surface area (Å²) in [4.78, 5) is 36.7. The standard InChI is InChI=1S/C22H22N8O2/c1-29-13-26-17-11-25-22(28-19(17)29)24-10-14-9-16-18(27-20(14)32-2)12-30(21(16)31)8-6-15-5-3-4-7-23-15/h3-5,7,9,11,13H,6,8,10,12H2,1-2H3,(H,24,25,28). The molecular weight excluding hydrogens is 408 g/mol. The molecule has 0 bridgehead atoms. The fraction of sp³-hybridized carbons (Fsp3) is 0.273. The van der Waals surface area contributed by atoms with E-state index in [1.165, 1.54) is 0 Å². The van der Waals surface area contributed by atoms with E-state index < -0.39 is 0 Å². The van der Waals surface area contributed by atoms with Crippen LogP contribution in [0.4, 0.5) is 5.95 Å². The van der Waals surface area contributed by atoms with Crippen molar-refractivity contribution in [3.8, 4) is 5.88 Å². The Morgan fingerprint density at radius 1 is 1.19 bits per heavy atom. The number of hydrogen-bond donors (Lipinski definition) is 1. The number of hydrogen-bond acceptors (Lipinski definition) is 8. The Morgan fingerprint density at radius 2 is 2.09 bits per heavy atom. The van der Waals surface area contributed by atoms with E-state index in [9.17, 15) is 4.79 Å². The highest BCUT2D eigenvalue weighted by molar-refractivity contribution is 5.98. The smallest absolute Gasteiger partial charge is 0.256 e. The molecule has 10 heteroatoms. The Hall–Kier alpha value is -4.08. The van der Waals surface area contributed by atoms with Gasteiger partial charge in [-0.1, -0.05) is 6.07 Å². The van der Waals surface area contributed by atoms with Crippen LogP contribution in [0.5, 0.6) is 5.88 Å². The zero-order valence-corrected chi connectivity index (χ0v) is 17.8. The molecule has 0 aliphatic carbocycles. The van der Waals surface area contributed by atoms with Gasteiger partial charge in [0, 0.05) is 44.0 Å². The van der Waals surface area contributed by atoms with Crippen LogP contribution in [0.1, 0.15) is 27.3 Å². The highest BCUT2D eigenvalue weighted by Gasteiger charge is 2.30. The number of amides is 1. The number of aryl methyl sites for hydroxylation is 1. The van der Waals surface area contributed by atoms with E-state index in [0.717, 1.165) is 28.1 Å². The van der Waals surface area contributed by atoms with Gasteiger partial charge >= 0.3 is 0 Å². The maximum absolute atomic E-state index is 13.0. The number of carbonyl (C=O) groups is 1. The molecule has 1 aliphatic rings. The molecule has 5 heterocycles. The van der Waals surface area contributed by atoms with Crippen molar-refractivity contribution < 1.29 is 9.53 Å². The minimum Gasteiger partial charge on any atom is -0.481 e. The summed E-state index contributed by atoms with van der Waals surface area (Å²) in [6.07, 6.45) is 5.82. The SMILES string of the molecule is COc1nc2c(cc1CNc1ncc3ncn(C)c3n1)C(=O)N(CCc1ccccn1)C2. The average molecular weight is 430 g/mol. The summed E-state index contributed by atoms with van der Waals surface area (Å²) in [5, 5.41) is 3.19. The second-order valence-electron chi connectivity index (χ2n) is 7.56. The highest BCUT2D eigenvalue weighted by Crippen LogP contribution is 2.27. The van der Waals surface area contributed by atoms with Gasteiger partial charge in [-0.3, -0.25) is 9.78 Å². The molecule has 0 fully saturated rings. The molecule has 1 N–H and O–H groups in total. The lowest BCUT2D eigenvalue weighted by atomic mass is 10.1. The minimum absolute atomic E-state index is 0.0279. The number of ether oxygens (including phenoxy) is 1. The van der Waals surface area contributed by atoms with Crippen LogP contribution in [-0.4, -0.2) is 53.9 Å². The van der Waals surface area contributed by atoms with Gasteiger partial charge in [0.2, 0.25) is 11.8 Å². The zero-order valence-electron chi connectivity index (χ0n) is 17.8. The van der Waals surface area contributed by atoms with Gasteiger partial charge in [-0.05, 0) is 18.2 Å². The maximum Gasteiger partial charge on any atom is 0.256 e. The van der Waals surface area contributed by atoms with Gasteiger partial charge in [0.05, 0.1) is 37.4 Å². The lowest BCUT2D eigenvalue weighted by Gasteiger charge is -2.14. The van der Waals surface area contributed by atoms with Crippen molar-refractivity contribution in [2.75, 3.05) is 19.0 Å². The van der Waals surface area contributed by atoms with Crippen LogP contribution in [0, 0.1) is 0 Å². The quantitative estimate of drug-likeness (QED) is 0.474. The van der Waals surface area contributed by atoms with Crippen LogP contribution >= 0.6 is 0 Å². The molecule has 0 saturated carbocycles. The van der Waals surface area contributed by atoms with E-state index in [-0.39, 0.29) is 5.91 Å². The second kappa shape index (κ2) is 8.22. The first kappa shape index (κ1) is 19.9. The van der Waals surface area contributed by atoms with Gasteiger partial charge < -0.3 is 19.5 Å². The van der Waals surface area contributed by atoms with Crippen molar-refractivity contribution in [2.45, 2.75) is 19.5 Å². The number of imidazole rings is 1. The van der Waals surface area contributed by atoms with Crippen LogP contribution in [0.2, 0.25) is 0 Å². The Morgan fingerprint density at radius 3 is 2.91 bits per heavy atom. The van der Waals surface area contributed by atoms with Crippen molar-refractivity contribution in [1.29, 1.82) is 0 Å². The Balaban J connectivity index is 1.32. The van der Waals surface area contributed by atoms with E-state index in [2.05, 4.69) is 30.2 Å². The molecule has 0 spiro atoms. The molecule has 0 saturated heterocycles. The molecule has 162 valence electrons. The van der Waals surface area contributed by atoms with Crippen molar-refractivity contribution >= 4 is 23.0 Å². The summed E-state index contributed by atoms with van der Waals surface area (Å²) in [7, 11) is 3.46. The third-order valence-corrected chi connectivity index (χ3v) is 5.45. The third kappa shape index (κ3) is 3.70. The summed E-state index contributed by atoms with van der Waals surface area (Å²) in [6, 6.07) is 7.64. The first-order valence-corrected chi connectivity index (χ1v) is 10.3. The Kier molecular flexibility index (Phi) is 5.10. The van der Waals surface area contributed by atoms with Gasteiger partial charge in [0.25, 0.3) is 5.91 Å². The van der Waals surface area contributed by atoms with Gasteiger partial charge in [-0.15, -0.1) is 0 Å². The number of pyridine rings is 2. The van der Waals surface area contributed by atoms with Crippen LogP contribution in [0.3, 0.4) is 0 Å². The molecule has 10 nitrogen and oxygen atoms in total. The van der Waals surface area contributed by atoms with Crippen LogP contribution in [-0.2, 0) is 26.6 Å². The highest BCUT2D eigenvalue weighted by atomic mass is 16.5. The lowest BCUT2D eigenvalue weighted by molar-refractivity contribution is 0.0779. The van der Waals surface area contributed by atoms with E-state index in [0.29, 0.717) is 43.4 Å². The van der Waals surface area contributed by atoms with Crippen molar-refractivity contribution in [3.63, 3.8) is 0 Å². The Labute approximate surface area is 184 Å². The summed E-state index contributed by atoms with van der Waals surface area (Å²) >= 11 is 0. The lowest BCUT2D eigenvalue weighted by Crippen LogP contribution is -2.26. The summed E-state index contributed by atoms with van der Waals surface area (Å²) in [5.41, 5.74) is 4.51. The predicted molar refractivity (Wildman–Crippen MR) is 117 cm³/mol. The molecule has 4 aromatic rings. The summed E-state index contributed by atoms with van der Waals surface area (Å²) < 4.78 is 7.32. The number of fused-ring (bicyclic) bond motifs is 2. The topological polar surface area (TPSA) is 111 Å². The fourth-order valence-corrected chi connectivity index (χ4v) is 3.76. The van der Waals surface area contributed by atoms with Gasteiger partial charge in [0.15, 0.2) is 5.65 Å². The zero-order chi connectivity index (χ0) is 22.1. The van der Waals surface area contributed by atoms with Gasteiger partial charge in [-0.25, -0.2) is 15.0 Å². The number of anilines is 1.